The Morgan fingerprint density at radius 1 is 1.18 bits per heavy atom. The second kappa shape index (κ2) is 7.95. The molecule has 1 amide bonds. The van der Waals surface area contributed by atoms with Crippen molar-refractivity contribution in [3.63, 3.8) is 0 Å². The van der Waals surface area contributed by atoms with Gasteiger partial charge in [-0.1, -0.05) is 12.1 Å². The quantitative estimate of drug-likeness (QED) is 0.780. The first-order valence-corrected chi connectivity index (χ1v) is 9.47. The molecular formula is C20H25F3N4O. The minimum absolute atomic E-state index is 0.0472. The summed E-state index contributed by atoms with van der Waals surface area (Å²) in [7, 11) is 1.89. The summed E-state index contributed by atoms with van der Waals surface area (Å²) in [6.07, 6.45) is -4.11. The summed E-state index contributed by atoms with van der Waals surface area (Å²) in [5.41, 5.74) is 1.53. The van der Waals surface area contributed by atoms with Gasteiger partial charge in [0.2, 0.25) is 0 Å². The van der Waals surface area contributed by atoms with E-state index in [9.17, 15) is 18.0 Å². The van der Waals surface area contributed by atoms with Crippen molar-refractivity contribution in [1.82, 2.24) is 19.6 Å². The Bertz CT molecular complexity index is 838. The summed E-state index contributed by atoms with van der Waals surface area (Å²) in [5, 5.41) is 3.89. The molecule has 2 heterocycles. The first-order valence-electron chi connectivity index (χ1n) is 9.47. The van der Waals surface area contributed by atoms with Crippen molar-refractivity contribution >= 4 is 5.91 Å². The molecule has 2 aromatic rings. The van der Waals surface area contributed by atoms with Crippen LogP contribution in [0.1, 0.15) is 46.7 Å². The van der Waals surface area contributed by atoms with Crippen molar-refractivity contribution in [2.45, 2.75) is 39.5 Å². The van der Waals surface area contributed by atoms with Gasteiger partial charge in [-0.3, -0.25) is 9.48 Å². The van der Waals surface area contributed by atoms with Gasteiger partial charge in [-0.25, -0.2) is 0 Å². The maximum absolute atomic E-state index is 13.4. The fourth-order valence-electron chi connectivity index (χ4n) is 3.59. The monoisotopic (exact) mass is 394 g/mol. The molecule has 0 atom stereocenters. The first-order chi connectivity index (χ1) is 13.2. The second-order valence-corrected chi connectivity index (χ2v) is 7.09. The highest BCUT2D eigenvalue weighted by atomic mass is 19.4. The Kier molecular flexibility index (Phi) is 5.79. The van der Waals surface area contributed by atoms with Gasteiger partial charge in [-0.15, -0.1) is 0 Å². The smallest absolute Gasteiger partial charge is 0.339 e. The lowest BCUT2D eigenvalue weighted by molar-refractivity contribution is -0.142. The normalized spacial score (nSPS) is 14.8. The molecule has 0 saturated carbocycles. The van der Waals surface area contributed by atoms with Crippen LogP contribution in [0.2, 0.25) is 0 Å². The van der Waals surface area contributed by atoms with E-state index in [1.54, 1.807) is 29.2 Å². The number of amides is 1. The number of halogens is 3. The second-order valence-electron chi connectivity index (χ2n) is 7.09. The number of likely N-dealkylation sites (N-methyl/N-ethyl adjacent to an activating group) is 1. The zero-order valence-electron chi connectivity index (χ0n) is 16.4. The molecular weight excluding hydrogens is 369 g/mol. The van der Waals surface area contributed by atoms with Crippen molar-refractivity contribution in [3.05, 3.63) is 52.3 Å². The molecule has 8 heteroatoms. The average molecular weight is 394 g/mol. The van der Waals surface area contributed by atoms with Crippen LogP contribution in [0.15, 0.2) is 24.3 Å². The highest BCUT2D eigenvalue weighted by Gasteiger charge is 2.40. The van der Waals surface area contributed by atoms with Gasteiger partial charge >= 0.3 is 6.18 Å². The molecule has 0 bridgehead atoms. The third-order valence-corrected chi connectivity index (χ3v) is 5.18. The van der Waals surface area contributed by atoms with Gasteiger partial charge in [-0.05, 0) is 45.0 Å². The number of fused-ring (bicyclic) bond motifs is 1. The Labute approximate surface area is 162 Å². The summed E-state index contributed by atoms with van der Waals surface area (Å²) >= 11 is 0. The largest absolute Gasteiger partial charge is 0.435 e. The van der Waals surface area contributed by atoms with E-state index >= 15 is 0 Å². The van der Waals surface area contributed by atoms with Gasteiger partial charge in [0.15, 0.2) is 5.69 Å². The molecule has 0 unspecified atom stereocenters. The Hall–Kier alpha value is -2.35. The van der Waals surface area contributed by atoms with E-state index in [0.717, 1.165) is 5.56 Å². The van der Waals surface area contributed by atoms with Crippen molar-refractivity contribution in [1.29, 1.82) is 0 Å². The molecule has 0 N–H and O–H groups in total. The summed E-state index contributed by atoms with van der Waals surface area (Å²) < 4.78 is 41.6. The van der Waals surface area contributed by atoms with E-state index in [1.165, 1.54) is 4.68 Å². The lowest BCUT2D eigenvalue weighted by Gasteiger charge is -2.24. The SMILES string of the molecule is CCN(CC)C(=O)c1ccc(Cn2nc(C(F)(F)F)c3c2CN(C)CC3)cc1. The summed E-state index contributed by atoms with van der Waals surface area (Å²) in [5.74, 6) is -0.0472. The van der Waals surface area contributed by atoms with Gasteiger partial charge in [0.05, 0.1) is 12.2 Å². The molecule has 0 saturated heterocycles. The number of hydrogen-bond donors (Lipinski definition) is 0. The summed E-state index contributed by atoms with van der Waals surface area (Å²) in [6, 6.07) is 7.01. The van der Waals surface area contributed by atoms with Gasteiger partial charge in [0.1, 0.15) is 0 Å². The van der Waals surface area contributed by atoms with Gasteiger partial charge in [0, 0.05) is 37.3 Å². The molecule has 0 aliphatic carbocycles. The van der Waals surface area contributed by atoms with Crippen LogP contribution in [0.25, 0.3) is 0 Å². The zero-order chi connectivity index (χ0) is 20.5. The summed E-state index contributed by atoms with van der Waals surface area (Å²) in [6.45, 7) is 6.37. The molecule has 1 aliphatic rings. The van der Waals surface area contributed by atoms with Crippen LogP contribution < -0.4 is 0 Å². The molecule has 0 spiro atoms. The summed E-state index contributed by atoms with van der Waals surface area (Å²) in [4.78, 5) is 16.1. The Morgan fingerprint density at radius 3 is 2.39 bits per heavy atom. The van der Waals surface area contributed by atoms with Crippen molar-refractivity contribution in [2.75, 3.05) is 26.7 Å². The van der Waals surface area contributed by atoms with Crippen LogP contribution in [0.5, 0.6) is 0 Å². The van der Waals surface area contributed by atoms with E-state index < -0.39 is 11.9 Å². The van der Waals surface area contributed by atoms with Gasteiger partial charge in [-0.2, -0.15) is 18.3 Å². The van der Waals surface area contributed by atoms with E-state index in [4.69, 9.17) is 0 Å². The average Bonchev–Trinajstić information content (AvgIpc) is 3.01. The molecule has 5 nitrogen and oxygen atoms in total. The van der Waals surface area contributed by atoms with Gasteiger partial charge in [0.25, 0.3) is 5.91 Å². The van der Waals surface area contributed by atoms with E-state index in [-0.39, 0.29) is 12.5 Å². The highest BCUT2D eigenvalue weighted by Crippen LogP contribution is 2.35. The number of carbonyl (C=O) groups is 1. The highest BCUT2D eigenvalue weighted by molar-refractivity contribution is 5.94. The predicted molar refractivity (Wildman–Crippen MR) is 100 cm³/mol. The third kappa shape index (κ3) is 4.06. The molecule has 152 valence electrons. The first kappa shape index (κ1) is 20.4. The van der Waals surface area contributed by atoms with Crippen LogP contribution in [-0.2, 0) is 25.7 Å². The molecule has 1 aromatic heterocycles. The number of carbonyl (C=O) groups excluding carboxylic acids is 1. The third-order valence-electron chi connectivity index (χ3n) is 5.18. The minimum atomic E-state index is -4.45. The molecule has 1 aromatic carbocycles. The molecule has 1 aliphatic heterocycles. The van der Waals surface area contributed by atoms with E-state index in [1.807, 2.05) is 25.8 Å². The van der Waals surface area contributed by atoms with Crippen molar-refractivity contribution in [3.8, 4) is 0 Å². The fourth-order valence-corrected chi connectivity index (χ4v) is 3.59. The fraction of sp³-hybridized carbons (Fsp3) is 0.500. The van der Waals surface area contributed by atoms with Crippen LogP contribution >= 0.6 is 0 Å². The van der Waals surface area contributed by atoms with E-state index in [0.29, 0.717) is 49.4 Å². The van der Waals surface area contributed by atoms with Crippen LogP contribution in [0.4, 0.5) is 13.2 Å². The van der Waals surface area contributed by atoms with E-state index in [2.05, 4.69) is 5.10 Å². The number of alkyl halides is 3. The Morgan fingerprint density at radius 2 is 1.82 bits per heavy atom. The standard InChI is InChI=1S/C20H25F3N4O/c1-4-26(5-2)19(28)15-8-6-14(7-9-15)12-27-17-13-25(3)11-10-16(17)18(24-27)20(21,22)23/h6-9H,4-5,10-13H2,1-3H3. The molecule has 0 radical (unpaired) electrons. The maximum Gasteiger partial charge on any atom is 0.435 e. The minimum Gasteiger partial charge on any atom is -0.339 e. The van der Waals surface area contributed by atoms with Gasteiger partial charge < -0.3 is 9.80 Å². The van der Waals surface area contributed by atoms with Crippen molar-refractivity contribution < 1.29 is 18.0 Å². The number of aromatic nitrogens is 2. The van der Waals surface area contributed by atoms with Crippen LogP contribution in [-0.4, -0.2) is 52.2 Å². The van der Waals surface area contributed by atoms with Crippen LogP contribution in [0.3, 0.4) is 0 Å². The molecule has 28 heavy (non-hydrogen) atoms. The molecule has 3 rings (SSSR count). The number of benzene rings is 1. The number of hydrogen-bond acceptors (Lipinski definition) is 3. The Balaban J connectivity index is 1.86. The number of nitrogens with zero attached hydrogens (tertiary/aromatic N) is 4. The topological polar surface area (TPSA) is 41.4 Å². The number of rotatable bonds is 5. The lowest BCUT2D eigenvalue weighted by atomic mass is 10.0. The maximum atomic E-state index is 13.4. The zero-order valence-corrected chi connectivity index (χ0v) is 16.4. The van der Waals surface area contributed by atoms with Crippen LogP contribution in [0, 0.1) is 0 Å². The molecule has 0 fully saturated rings. The van der Waals surface area contributed by atoms with Crippen molar-refractivity contribution in [2.24, 2.45) is 0 Å². The predicted octanol–water partition coefficient (Wildman–Crippen LogP) is 3.42. The lowest BCUT2D eigenvalue weighted by Crippen LogP contribution is -2.30.